The van der Waals surface area contributed by atoms with E-state index in [1.54, 1.807) is 38.1 Å². The summed E-state index contributed by atoms with van der Waals surface area (Å²) >= 11 is 0. The number of carbonyl (C=O) groups excluding carboxylic acids is 2. The summed E-state index contributed by atoms with van der Waals surface area (Å²) in [7, 11) is 0. The summed E-state index contributed by atoms with van der Waals surface area (Å²) in [5.74, 6) is -1.12. The molecule has 0 bridgehead atoms. The Hall–Kier alpha value is -3.54. The molecule has 3 rings (SSSR count). The second-order valence-electron chi connectivity index (χ2n) is 6.31. The molecule has 0 spiro atoms. The van der Waals surface area contributed by atoms with Gasteiger partial charge in [0.1, 0.15) is 5.69 Å². The van der Waals surface area contributed by atoms with Crippen molar-refractivity contribution in [2.45, 2.75) is 20.8 Å². The number of fused-ring (bicyclic) bond motifs is 1. The van der Waals surface area contributed by atoms with Crippen molar-refractivity contribution in [2.75, 3.05) is 13.2 Å². The van der Waals surface area contributed by atoms with E-state index < -0.39 is 11.9 Å². The predicted octanol–water partition coefficient (Wildman–Crippen LogP) is 5.87. The fourth-order valence-corrected chi connectivity index (χ4v) is 3.00. The van der Waals surface area contributed by atoms with Crippen molar-refractivity contribution in [1.29, 1.82) is 0 Å². The maximum Gasteiger partial charge on any atom is 0.341 e. The Morgan fingerprint density at radius 1 is 0.759 bits per heavy atom. The van der Waals surface area contributed by atoms with Crippen molar-refractivity contribution in [3.63, 3.8) is 0 Å². The molecular weight excluding hydrogens is 368 g/mol. The van der Waals surface area contributed by atoms with E-state index in [0.717, 1.165) is 5.56 Å². The average Bonchev–Trinajstić information content (AvgIpc) is 2.83. The van der Waals surface area contributed by atoms with E-state index in [2.05, 4.69) is 10.2 Å². The van der Waals surface area contributed by atoms with Gasteiger partial charge in [0.25, 0.3) is 0 Å². The third kappa shape index (κ3) is 4.32. The first-order valence-corrected chi connectivity index (χ1v) is 9.44. The number of nitrogens with zero attached hydrogens (tertiary/aromatic N) is 2. The fourth-order valence-electron chi connectivity index (χ4n) is 3.00. The molecule has 6 heteroatoms. The summed E-state index contributed by atoms with van der Waals surface area (Å²) in [6.45, 7) is 5.83. The van der Waals surface area contributed by atoms with Crippen molar-refractivity contribution in [3.8, 4) is 11.1 Å². The van der Waals surface area contributed by atoms with Crippen LogP contribution in [-0.2, 0) is 9.47 Å². The van der Waals surface area contributed by atoms with Crippen LogP contribution in [0.4, 0.5) is 11.4 Å². The van der Waals surface area contributed by atoms with Gasteiger partial charge in [-0.2, -0.15) is 5.11 Å². The number of benzene rings is 1. The highest BCUT2D eigenvalue weighted by molar-refractivity contribution is 6.15. The number of hydrogen-bond donors (Lipinski definition) is 0. The van der Waals surface area contributed by atoms with Crippen LogP contribution in [0.25, 0.3) is 11.1 Å². The van der Waals surface area contributed by atoms with E-state index in [1.807, 2.05) is 37.3 Å². The summed E-state index contributed by atoms with van der Waals surface area (Å²) in [6.07, 6.45) is 0. The molecule has 0 atom stereocenters. The maximum atomic E-state index is 12.8. The minimum Gasteiger partial charge on any atom is -0.462 e. The zero-order valence-corrected chi connectivity index (χ0v) is 16.6. The number of azo groups is 1. The molecule has 6 nitrogen and oxygen atoms in total. The van der Waals surface area contributed by atoms with Crippen LogP contribution < -0.4 is 0 Å². The molecule has 0 aromatic heterocycles. The Morgan fingerprint density at radius 3 is 1.76 bits per heavy atom. The molecule has 0 unspecified atom stereocenters. The Morgan fingerprint density at radius 2 is 1.28 bits per heavy atom. The van der Waals surface area contributed by atoms with Gasteiger partial charge in [0.05, 0.1) is 30.0 Å². The van der Waals surface area contributed by atoms with Gasteiger partial charge in [0.15, 0.2) is 0 Å². The number of carbonyl (C=O) groups is 2. The zero-order chi connectivity index (χ0) is 20.8. The van der Waals surface area contributed by atoms with Gasteiger partial charge < -0.3 is 9.47 Å². The van der Waals surface area contributed by atoms with Crippen molar-refractivity contribution < 1.29 is 19.1 Å². The van der Waals surface area contributed by atoms with Crippen LogP contribution in [-0.4, -0.2) is 25.2 Å². The second-order valence-corrected chi connectivity index (χ2v) is 6.31. The highest BCUT2D eigenvalue weighted by atomic mass is 16.5. The van der Waals surface area contributed by atoms with Crippen LogP contribution in [0.15, 0.2) is 64.8 Å². The van der Waals surface area contributed by atoms with Crippen molar-refractivity contribution in [3.05, 3.63) is 71.3 Å². The van der Waals surface area contributed by atoms with Gasteiger partial charge in [-0.3, -0.25) is 0 Å². The van der Waals surface area contributed by atoms with Crippen LogP contribution in [0.5, 0.6) is 0 Å². The molecule has 0 fully saturated rings. The second kappa shape index (κ2) is 9.10. The normalized spacial score (nSPS) is 11.0. The summed E-state index contributed by atoms with van der Waals surface area (Å²) in [4.78, 5) is 25.5. The van der Waals surface area contributed by atoms with Crippen LogP contribution >= 0.6 is 0 Å². The highest BCUT2D eigenvalue weighted by Crippen LogP contribution is 2.43. The lowest BCUT2D eigenvalue weighted by molar-refractivity contribution is 0.0525. The molecule has 2 aliphatic rings. The summed E-state index contributed by atoms with van der Waals surface area (Å²) < 4.78 is 10.5. The molecule has 0 N–H and O–H groups in total. The first-order valence-electron chi connectivity index (χ1n) is 9.44. The van der Waals surface area contributed by atoms with E-state index >= 15 is 0 Å². The van der Waals surface area contributed by atoms with Gasteiger partial charge in [-0.25, -0.2) is 9.59 Å². The molecule has 148 valence electrons. The lowest BCUT2D eigenvalue weighted by Crippen LogP contribution is -2.06. The number of aryl methyl sites for hydroxylation is 1. The molecule has 2 aliphatic carbocycles. The molecule has 0 heterocycles. The fraction of sp³-hybridized carbons (Fsp3) is 0.217. The van der Waals surface area contributed by atoms with Crippen LogP contribution in [0.3, 0.4) is 0 Å². The van der Waals surface area contributed by atoms with Crippen LogP contribution in [0, 0.1) is 6.92 Å². The largest absolute Gasteiger partial charge is 0.462 e. The first kappa shape index (κ1) is 20.2. The number of esters is 2. The standard InChI is InChI=1S/C23H22N2O4/c1-4-28-22(26)19-17-9-7-6-8-10-18(17)20(23(27)29-5-2)21(19)25-24-16-13-11-15(3)12-14-16/h6-14H,4-5H2,1-3H3. The number of rotatable bonds is 6. The third-order valence-corrected chi connectivity index (χ3v) is 4.31. The monoisotopic (exact) mass is 390 g/mol. The number of ether oxygens (including phenoxy) is 2. The van der Waals surface area contributed by atoms with Gasteiger partial charge in [0, 0.05) is 0 Å². The average molecular weight is 390 g/mol. The Labute approximate surface area is 169 Å². The van der Waals surface area contributed by atoms with Crippen LogP contribution in [0.2, 0.25) is 0 Å². The Kier molecular flexibility index (Phi) is 6.34. The molecular formula is C23H22N2O4. The van der Waals surface area contributed by atoms with E-state index in [-0.39, 0.29) is 30.0 Å². The lowest BCUT2D eigenvalue weighted by atomic mass is 10.1. The maximum absolute atomic E-state index is 12.8. The predicted molar refractivity (Wildman–Crippen MR) is 110 cm³/mol. The van der Waals surface area contributed by atoms with Gasteiger partial charge in [0.2, 0.25) is 0 Å². The summed E-state index contributed by atoms with van der Waals surface area (Å²) in [6, 6.07) is 16.4. The lowest BCUT2D eigenvalue weighted by Gasteiger charge is -2.04. The Bertz CT molecular complexity index is 973. The van der Waals surface area contributed by atoms with Gasteiger partial charge in [-0.1, -0.05) is 48.0 Å². The van der Waals surface area contributed by atoms with Gasteiger partial charge in [-0.15, -0.1) is 5.11 Å². The molecule has 0 amide bonds. The topological polar surface area (TPSA) is 77.3 Å². The minimum atomic E-state index is -0.558. The molecule has 1 aromatic rings. The van der Waals surface area contributed by atoms with E-state index in [0.29, 0.717) is 16.8 Å². The summed E-state index contributed by atoms with van der Waals surface area (Å²) in [5.41, 5.74) is 3.40. The smallest absolute Gasteiger partial charge is 0.341 e. The Balaban J connectivity index is 2.25. The van der Waals surface area contributed by atoms with Gasteiger partial charge in [-0.05, 0) is 44.0 Å². The van der Waals surface area contributed by atoms with Crippen molar-refractivity contribution >= 4 is 23.3 Å². The van der Waals surface area contributed by atoms with E-state index in [9.17, 15) is 9.59 Å². The molecule has 1 aromatic carbocycles. The summed E-state index contributed by atoms with van der Waals surface area (Å²) in [5, 5.41) is 8.54. The highest BCUT2D eigenvalue weighted by Gasteiger charge is 2.32. The molecule has 29 heavy (non-hydrogen) atoms. The van der Waals surface area contributed by atoms with E-state index in [1.165, 1.54) is 0 Å². The SMILES string of the molecule is CCOC(=O)c1c2cccccc-2c(C(=O)OCC)c1N=Nc1ccc(C)cc1. The molecule has 0 saturated carbocycles. The van der Waals surface area contributed by atoms with Crippen molar-refractivity contribution in [1.82, 2.24) is 0 Å². The molecule has 0 radical (unpaired) electrons. The van der Waals surface area contributed by atoms with Crippen molar-refractivity contribution in [2.24, 2.45) is 10.2 Å². The van der Waals surface area contributed by atoms with E-state index in [4.69, 9.17) is 9.47 Å². The minimum absolute atomic E-state index is 0.156. The van der Waals surface area contributed by atoms with Crippen LogP contribution in [0.1, 0.15) is 40.1 Å². The first-order chi connectivity index (χ1) is 14.1. The molecule has 0 aliphatic heterocycles. The number of hydrogen-bond acceptors (Lipinski definition) is 6. The zero-order valence-electron chi connectivity index (χ0n) is 16.6. The quantitative estimate of drug-likeness (QED) is 0.390. The molecule has 0 saturated heterocycles. The van der Waals surface area contributed by atoms with Gasteiger partial charge >= 0.3 is 11.9 Å². The third-order valence-electron chi connectivity index (χ3n) is 4.31.